The molecule has 1 saturated carbocycles. The van der Waals surface area contributed by atoms with Crippen molar-refractivity contribution in [2.45, 2.75) is 50.7 Å². The zero-order valence-corrected chi connectivity index (χ0v) is 19.6. The second-order valence-corrected chi connectivity index (χ2v) is 9.42. The Morgan fingerprint density at radius 1 is 1.14 bits per heavy atom. The topological polar surface area (TPSA) is 107 Å². The van der Waals surface area contributed by atoms with Gasteiger partial charge < -0.3 is 15.2 Å². The third-order valence-electron chi connectivity index (χ3n) is 6.85. The molecule has 0 bridgehead atoms. The van der Waals surface area contributed by atoms with Gasteiger partial charge in [0.2, 0.25) is 5.95 Å². The molecule has 2 aliphatic rings. The maximum atomic E-state index is 11.1. The lowest BCUT2D eigenvalue weighted by Crippen LogP contribution is -2.19. The van der Waals surface area contributed by atoms with Crippen LogP contribution in [0, 0.1) is 0 Å². The highest BCUT2D eigenvalue weighted by Gasteiger charge is 2.30. The molecule has 2 aromatic heterocycles. The highest BCUT2D eigenvalue weighted by molar-refractivity contribution is 5.89. The van der Waals surface area contributed by atoms with E-state index in [9.17, 15) is 4.79 Å². The molecule has 4 aromatic rings. The smallest absolute Gasteiger partial charge is 0.335 e. The molecule has 1 aliphatic heterocycles. The number of benzene rings is 2. The Morgan fingerprint density at radius 2 is 1.97 bits per heavy atom. The van der Waals surface area contributed by atoms with Crippen molar-refractivity contribution in [1.82, 2.24) is 24.5 Å². The Morgan fingerprint density at radius 3 is 2.69 bits per heavy atom. The molecule has 0 spiro atoms. The molecule has 9 nitrogen and oxygen atoms in total. The average molecular weight is 473 g/mol. The molecule has 3 heterocycles. The predicted octanol–water partition coefficient (Wildman–Crippen LogP) is 4.77. The van der Waals surface area contributed by atoms with Crippen LogP contribution in [0.3, 0.4) is 0 Å². The van der Waals surface area contributed by atoms with Crippen molar-refractivity contribution < 1.29 is 14.6 Å². The van der Waals surface area contributed by atoms with Crippen molar-refractivity contribution in [3.8, 4) is 0 Å². The van der Waals surface area contributed by atoms with Gasteiger partial charge in [-0.05, 0) is 73.4 Å². The standard InChI is InChI=1S/C26H28N6O3/c1-31-26(29-22(30-31)14-16-5-7-18(8-6-16)25(33)34)28-20-11-12-21-19(24(20)17-9-10-17)15-27-32(21)23-4-2-3-13-35-23/h5-8,11-12,15,17,23H,2-4,9-10,13-14H2,1H3,(H,33,34)(H,28,29,30). The van der Waals surface area contributed by atoms with Crippen LogP contribution in [0.2, 0.25) is 0 Å². The zero-order chi connectivity index (χ0) is 23.9. The Hall–Kier alpha value is -3.72. The number of ether oxygens (including phenoxy) is 1. The van der Waals surface area contributed by atoms with Crippen molar-refractivity contribution >= 4 is 28.5 Å². The summed E-state index contributed by atoms with van der Waals surface area (Å²) in [7, 11) is 1.88. The Balaban J connectivity index is 1.27. The molecule has 0 radical (unpaired) electrons. The number of carbonyl (C=O) groups is 1. The summed E-state index contributed by atoms with van der Waals surface area (Å²) in [6.07, 6.45) is 8.15. The highest BCUT2D eigenvalue weighted by atomic mass is 16.5. The minimum absolute atomic E-state index is 0.0120. The third-order valence-corrected chi connectivity index (χ3v) is 6.85. The number of aryl methyl sites for hydroxylation is 1. The van der Waals surface area contributed by atoms with Crippen LogP contribution in [0.5, 0.6) is 0 Å². The van der Waals surface area contributed by atoms with Crippen LogP contribution in [-0.4, -0.2) is 42.2 Å². The molecule has 6 rings (SSSR count). The van der Waals surface area contributed by atoms with Crippen LogP contribution < -0.4 is 5.32 Å². The lowest BCUT2D eigenvalue weighted by molar-refractivity contribution is -0.0366. The van der Waals surface area contributed by atoms with Gasteiger partial charge in [0, 0.05) is 31.1 Å². The quantitative estimate of drug-likeness (QED) is 0.399. The maximum absolute atomic E-state index is 11.1. The molecule has 9 heteroatoms. The van der Waals surface area contributed by atoms with Crippen LogP contribution in [0.1, 0.15) is 71.6 Å². The molecule has 1 saturated heterocycles. The molecule has 35 heavy (non-hydrogen) atoms. The molecule has 1 unspecified atom stereocenters. The van der Waals surface area contributed by atoms with Gasteiger partial charge >= 0.3 is 5.97 Å². The number of carboxylic acid groups (broad SMARTS) is 1. The second kappa shape index (κ2) is 8.81. The molecular weight excluding hydrogens is 444 g/mol. The molecule has 2 aromatic carbocycles. The minimum Gasteiger partial charge on any atom is -0.478 e. The maximum Gasteiger partial charge on any atom is 0.335 e. The normalized spacial score (nSPS) is 18.1. The van der Waals surface area contributed by atoms with Gasteiger partial charge in [-0.1, -0.05) is 12.1 Å². The third kappa shape index (κ3) is 4.27. The summed E-state index contributed by atoms with van der Waals surface area (Å²) in [5.74, 6) is 0.937. The number of rotatable bonds is 7. The van der Waals surface area contributed by atoms with Gasteiger partial charge in [0.15, 0.2) is 12.1 Å². The first-order chi connectivity index (χ1) is 17.1. The number of carboxylic acids is 1. The van der Waals surface area contributed by atoms with E-state index >= 15 is 0 Å². The number of aromatic nitrogens is 5. The molecule has 2 fully saturated rings. The number of nitrogens with zero attached hydrogens (tertiary/aromatic N) is 5. The van der Waals surface area contributed by atoms with Crippen molar-refractivity contribution in [3.05, 3.63) is 65.1 Å². The van der Waals surface area contributed by atoms with E-state index in [1.54, 1.807) is 28.9 Å². The lowest BCUT2D eigenvalue weighted by Gasteiger charge is -2.23. The Labute approximate surface area is 202 Å². The van der Waals surface area contributed by atoms with Crippen LogP contribution in [0.4, 0.5) is 11.6 Å². The van der Waals surface area contributed by atoms with Crippen LogP contribution in [0.15, 0.2) is 42.6 Å². The summed E-state index contributed by atoms with van der Waals surface area (Å²) < 4.78 is 9.78. The first kappa shape index (κ1) is 21.8. The van der Waals surface area contributed by atoms with Crippen LogP contribution in [-0.2, 0) is 18.2 Å². The van der Waals surface area contributed by atoms with Gasteiger partial charge in [-0.25, -0.2) is 14.2 Å². The van der Waals surface area contributed by atoms with E-state index in [4.69, 9.17) is 19.9 Å². The van der Waals surface area contributed by atoms with E-state index in [-0.39, 0.29) is 11.8 Å². The van der Waals surface area contributed by atoms with Gasteiger partial charge in [0.1, 0.15) is 0 Å². The largest absolute Gasteiger partial charge is 0.478 e. The summed E-state index contributed by atoms with van der Waals surface area (Å²) >= 11 is 0. The second-order valence-electron chi connectivity index (χ2n) is 9.42. The zero-order valence-electron chi connectivity index (χ0n) is 19.6. The number of hydrogen-bond donors (Lipinski definition) is 2. The minimum atomic E-state index is -0.931. The van der Waals surface area contributed by atoms with E-state index < -0.39 is 5.97 Å². The fourth-order valence-electron chi connectivity index (χ4n) is 4.90. The number of hydrogen-bond acceptors (Lipinski definition) is 6. The summed E-state index contributed by atoms with van der Waals surface area (Å²) in [5.41, 5.74) is 4.68. The fraction of sp³-hybridized carbons (Fsp3) is 0.385. The van der Waals surface area contributed by atoms with Gasteiger partial charge in [-0.3, -0.25) is 0 Å². The van der Waals surface area contributed by atoms with Gasteiger partial charge in [0.25, 0.3) is 0 Å². The molecule has 0 amide bonds. The summed E-state index contributed by atoms with van der Waals surface area (Å²) in [6, 6.07) is 11.1. The van der Waals surface area contributed by atoms with E-state index in [0.29, 0.717) is 24.1 Å². The first-order valence-corrected chi connectivity index (χ1v) is 12.2. The SMILES string of the molecule is Cn1nc(Cc2ccc(C(=O)O)cc2)nc1Nc1ccc2c(cnn2C2CCCCO2)c1C1CC1. The van der Waals surface area contributed by atoms with Crippen molar-refractivity contribution in [2.24, 2.45) is 7.05 Å². The molecule has 1 aliphatic carbocycles. The molecule has 1 atom stereocenters. The molecule has 2 N–H and O–H groups in total. The Kier molecular flexibility index (Phi) is 5.49. The van der Waals surface area contributed by atoms with Crippen LogP contribution >= 0.6 is 0 Å². The van der Waals surface area contributed by atoms with Crippen molar-refractivity contribution in [3.63, 3.8) is 0 Å². The lowest BCUT2D eigenvalue weighted by atomic mass is 10.0. The van der Waals surface area contributed by atoms with E-state index in [0.717, 1.165) is 36.2 Å². The van der Waals surface area contributed by atoms with Crippen molar-refractivity contribution in [2.75, 3.05) is 11.9 Å². The van der Waals surface area contributed by atoms with E-state index in [1.165, 1.54) is 30.2 Å². The van der Waals surface area contributed by atoms with Gasteiger partial charge in [-0.2, -0.15) is 15.2 Å². The van der Waals surface area contributed by atoms with Gasteiger partial charge in [0.05, 0.1) is 17.3 Å². The van der Waals surface area contributed by atoms with E-state index in [1.807, 2.05) is 17.9 Å². The fourth-order valence-corrected chi connectivity index (χ4v) is 4.90. The Bertz CT molecular complexity index is 1380. The van der Waals surface area contributed by atoms with Crippen LogP contribution in [0.25, 0.3) is 10.9 Å². The first-order valence-electron chi connectivity index (χ1n) is 12.2. The predicted molar refractivity (Wildman–Crippen MR) is 131 cm³/mol. The number of nitrogens with one attached hydrogen (secondary N) is 1. The molecule has 180 valence electrons. The number of fused-ring (bicyclic) bond motifs is 1. The summed E-state index contributed by atoms with van der Waals surface area (Å²) in [5, 5.41) is 23.1. The average Bonchev–Trinajstić information content (AvgIpc) is 3.52. The summed E-state index contributed by atoms with van der Waals surface area (Å²) in [4.78, 5) is 15.8. The number of aromatic carboxylic acids is 1. The van der Waals surface area contributed by atoms with Crippen molar-refractivity contribution in [1.29, 1.82) is 0 Å². The molecular formula is C26H28N6O3. The van der Waals surface area contributed by atoms with E-state index in [2.05, 4.69) is 22.5 Å². The van der Waals surface area contributed by atoms with Gasteiger partial charge in [-0.15, -0.1) is 0 Å². The number of anilines is 2. The summed E-state index contributed by atoms with van der Waals surface area (Å²) in [6.45, 7) is 0.791. The monoisotopic (exact) mass is 472 g/mol. The highest BCUT2D eigenvalue weighted by Crippen LogP contribution is 2.47.